The lowest BCUT2D eigenvalue weighted by molar-refractivity contribution is -0.142. The van der Waals surface area contributed by atoms with Crippen molar-refractivity contribution in [3.8, 4) is 0 Å². The van der Waals surface area contributed by atoms with Gasteiger partial charge in [0.2, 0.25) is 0 Å². The predicted molar refractivity (Wildman–Crippen MR) is 256 cm³/mol. The number of carbonyl (C=O) groups is 2. The van der Waals surface area contributed by atoms with Crippen LogP contribution < -0.4 is 0 Å². The highest BCUT2D eigenvalue weighted by Crippen LogP contribution is 2.63. The molecule has 11 saturated carbocycles. The van der Waals surface area contributed by atoms with Gasteiger partial charge in [0.05, 0.1) is 14.2 Å². The lowest BCUT2D eigenvalue weighted by atomic mass is 9.47. The van der Waals surface area contributed by atoms with Crippen LogP contribution in [-0.4, -0.2) is 72.2 Å². The summed E-state index contributed by atoms with van der Waals surface area (Å²) in [6.45, 7) is 0. The van der Waals surface area contributed by atoms with E-state index < -0.39 is 0 Å². The van der Waals surface area contributed by atoms with E-state index in [1.807, 2.05) is 0 Å². The van der Waals surface area contributed by atoms with Crippen LogP contribution >= 0.6 is 0 Å². The first-order valence-electron chi connectivity index (χ1n) is 29.1. The number of ether oxygens (including phenoxy) is 2. The number of hydrogen-bond acceptors (Lipinski definition) is 6. The highest BCUT2D eigenvalue weighted by molar-refractivity contribution is 5.69. The topological polar surface area (TPSA) is 59.1 Å². The predicted octanol–water partition coefficient (Wildman–Crippen LogP) is 13.2. The molecule has 0 saturated heterocycles. The van der Waals surface area contributed by atoms with Gasteiger partial charge in [0.15, 0.2) is 0 Å². The fraction of sp³-hybridized carbons (Fsp3) is 0.966. The van der Waals surface area contributed by atoms with Gasteiger partial charge in [-0.15, -0.1) is 0 Å². The largest absolute Gasteiger partial charge is 0.469 e. The van der Waals surface area contributed by atoms with Crippen LogP contribution in [-0.2, 0) is 19.1 Å². The van der Waals surface area contributed by atoms with Gasteiger partial charge in [-0.3, -0.25) is 19.4 Å². The van der Waals surface area contributed by atoms with Crippen LogP contribution in [0.15, 0.2) is 0 Å². The van der Waals surface area contributed by atoms with Crippen LogP contribution in [0.1, 0.15) is 218 Å². The second-order valence-corrected chi connectivity index (χ2v) is 25.6. The Balaban J connectivity index is 0.881. The molecule has 11 aliphatic rings. The van der Waals surface area contributed by atoms with Crippen molar-refractivity contribution in [2.24, 2.45) is 82.9 Å². The molecule has 11 aliphatic carbocycles. The van der Waals surface area contributed by atoms with Gasteiger partial charge in [-0.05, 0) is 243 Å². The Kier molecular flexibility index (Phi) is 14.2. The van der Waals surface area contributed by atoms with Gasteiger partial charge in [-0.2, -0.15) is 0 Å². The summed E-state index contributed by atoms with van der Waals surface area (Å²) in [6.07, 6.45) is 47.2. The Bertz CT molecular complexity index is 1440. The Morgan fingerprint density at radius 3 is 1.11 bits per heavy atom. The van der Waals surface area contributed by atoms with Crippen LogP contribution in [0.25, 0.3) is 0 Å². The molecule has 6 heteroatoms. The third-order valence-corrected chi connectivity index (χ3v) is 23.3. The molecule has 0 amide bonds. The van der Waals surface area contributed by atoms with Gasteiger partial charge in [0, 0.05) is 49.1 Å². The van der Waals surface area contributed by atoms with E-state index in [0.717, 1.165) is 120 Å². The van der Waals surface area contributed by atoms with Crippen molar-refractivity contribution < 1.29 is 19.1 Å². The monoisotopic (exact) mass is 883 g/mol. The molecule has 16 unspecified atom stereocenters. The molecule has 11 rings (SSSR count). The molecular formula is C58H94N2O4. The van der Waals surface area contributed by atoms with Crippen LogP contribution in [0.2, 0.25) is 0 Å². The molecule has 0 aromatic heterocycles. The summed E-state index contributed by atoms with van der Waals surface area (Å²) in [6, 6.07) is 4.56. The summed E-state index contributed by atoms with van der Waals surface area (Å²) in [5, 5.41) is 0. The number of esters is 2. The Hall–Kier alpha value is -1.14. The van der Waals surface area contributed by atoms with Crippen molar-refractivity contribution in [3.05, 3.63) is 0 Å². The van der Waals surface area contributed by atoms with Gasteiger partial charge >= 0.3 is 11.9 Å². The van der Waals surface area contributed by atoms with Crippen molar-refractivity contribution >= 4 is 11.9 Å². The number of carbonyl (C=O) groups excluding carboxylic acids is 2. The van der Waals surface area contributed by atoms with Crippen LogP contribution in [0.4, 0.5) is 0 Å². The van der Waals surface area contributed by atoms with E-state index in [1.54, 1.807) is 65.6 Å². The van der Waals surface area contributed by atoms with Crippen molar-refractivity contribution in [3.63, 3.8) is 0 Å². The van der Waals surface area contributed by atoms with Crippen LogP contribution in [0.5, 0.6) is 0 Å². The maximum atomic E-state index is 12.2. The third-order valence-electron chi connectivity index (χ3n) is 23.3. The zero-order chi connectivity index (χ0) is 43.3. The summed E-state index contributed by atoms with van der Waals surface area (Å²) < 4.78 is 10.2. The average molecular weight is 883 g/mol. The van der Waals surface area contributed by atoms with E-state index in [2.05, 4.69) is 9.80 Å². The van der Waals surface area contributed by atoms with Gasteiger partial charge < -0.3 is 9.47 Å². The number of nitrogens with zero attached hydrogens (tertiary/aromatic N) is 2. The molecule has 0 spiro atoms. The molecule has 0 aromatic carbocycles. The SMILES string of the molecule is COC(=O)CCC1CCC(N(C2CCCC(N(C3CCC(CCC(=O)OC)CC3)C3CCC4CCC5CCCC6CCC3C4C56)C2)C2CCC3CCC4CCCC5CCC2C3C45)CC1. The van der Waals surface area contributed by atoms with Gasteiger partial charge in [-0.25, -0.2) is 0 Å². The van der Waals surface area contributed by atoms with E-state index in [1.165, 1.54) is 141 Å². The minimum atomic E-state index is -0.0133. The third kappa shape index (κ3) is 8.86. The standard InChI is InChI=1S/C58H94N2O4/c1-63-53(61)34-16-37-12-26-45(27-13-37)59(51-32-24-43-20-18-39-6-3-8-41-22-30-49(51)57(43)55(39)41)47-10-5-11-48(36-47)60(46-28-14-38(15-29-46)17-35-54(62)64-2)52-33-25-44-21-19-40-7-4-9-42-23-31-50(52)58(44)56(40)42/h37-52,55-58H,3-36H2,1-2H3. The first-order valence-corrected chi connectivity index (χ1v) is 29.1. The van der Waals surface area contributed by atoms with E-state index in [9.17, 15) is 9.59 Å². The maximum absolute atomic E-state index is 12.2. The van der Waals surface area contributed by atoms with Gasteiger partial charge in [0.1, 0.15) is 0 Å². The maximum Gasteiger partial charge on any atom is 0.305 e. The van der Waals surface area contributed by atoms with E-state index in [0.29, 0.717) is 24.7 Å². The lowest BCUT2D eigenvalue weighted by Gasteiger charge is -2.63. The molecule has 0 N–H and O–H groups in total. The first-order chi connectivity index (χ1) is 31.4. The molecule has 11 fully saturated rings. The van der Waals surface area contributed by atoms with Gasteiger partial charge in [-0.1, -0.05) is 44.9 Å². The zero-order valence-electron chi connectivity index (χ0n) is 41.1. The molecule has 360 valence electrons. The highest BCUT2D eigenvalue weighted by atomic mass is 16.5. The summed E-state index contributed by atoms with van der Waals surface area (Å²) >= 11 is 0. The molecule has 0 aliphatic heterocycles. The van der Waals surface area contributed by atoms with E-state index in [-0.39, 0.29) is 11.9 Å². The molecule has 0 heterocycles. The first kappa shape index (κ1) is 45.3. The molecule has 64 heavy (non-hydrogen) atoms. The second kappa shape index (κ2) is 20.1. The van der Waals surface area contributed by atoms with Crippen molar-refractivity contribution in [1.82, 2.24) is 9.80 Å². The number of hydrogen-bond donors (Lipinski definition) is 0. The highest BCUT2D eigenvalue weighted by Gasteiger charge is 2.58. The number of rotatable bonds is 12. The van der Waals surface area contributed by atoms with Crippen LogP contribution in [0.3, 0.4) is 0 Å². The molecule has 0 bridgehead atoms. The molecule has 0 radical (unpaired) electrons. The fourth-order valence-corrected chi connectivity index (χ4v) is 20.9. The van der Waals surface area contributed by atoms with Gasteiger partial charge in [0.25, 0.3) is 0 Å². The Morgan fingerprint density at radius 1 is 0.375 bits per heavy atom. The lowest BCUT2D eigenvalue weighted by Crippen LogP contribution is -2.64. The zero-order valence-corrected chi connectivity index (χ0v) is 41.1. The molecule has 16 atom stereocenters. The minimum absolute atomic E-state index is 0.0133. The summed E-state index contributed by atoms with van der Waals surface area (Å²) in [5.41, 5.74) is 0. The summed E-state index contributed by atoms with van der Waals surface area (Å²) in [4.78, 5) is 31.3. The van der Waals surface area contributed by atoms with Crippen LogP contribution in [0, 0.1) is 82.9 Å². The van der Waals surface area contributed by atoms with Crippen molar-refractivity contribution in [2.45, 2.75) is 255 Å². The Labute approximate surface area is 391 Å². The van der Waals surface area contributed by atoms with E-state index in [4.69, 9.17) is 9.47 Å². The summed E-state index contributed by atoms with van der Waals surface area (Å²) in [5.74, 6) is 13.6. The van der Waals surface area contributed by atoms with Crippen molar-refractivity contribution in [1.29, 1.82) is 0 Å². The van der Waals surface area contributed by atoms with E-state index >= 15 is 0 Å². The second-order valence-electron chi connectivity index (χ2n) is 25.6. The molecule has 6 nitrogen and oxygen atoms in total. The normalized spacial score (nSPS) is 47.6. The average Bonchev–Trinajstić information content (AvgIpc) is 3.35. The molecule has 0 aromatic rings. The summed E-state index contributed by atoms with van der Waals surface area (Å²) in [7, 11) is 3.13. The quantitative estimate of drug-likeness (QED) is 0.182. The fourth-order valence-electron chi connectivity index (χ4n) is 20.9. The Morgan fingerprint density at radius 2 is 0.719 bits per heavy atom. The van der Waals surface area contributed by atoms with Crippen molar-refractivity contribution in [2.75, 3.05) is 14.2 Å². The smallest absolute Gasteiger partial charge is 0.305 e. The minimum Gasteiger partial charge on any atom is -0.469 e. The molecular weight excluding hydrogens is 789 g/mol. The number of methoxy groups -OCH3 is 2.